The van der Waals surface area contributed by atoms with Crippen LogP contribution in [0.5, 0.6) is 5.75 Å². The molecule has 0 radical (unpaired) electrons. The van der Waals surface area contributed by atoms with Crippen LogP contribution in [-0.4, -0.2) is 44.1 Å². The van der Waals surface area contributed by atoms with Gasteiger partial charge in [0.05, 0.1) is 7.11 Å². The lowest BCUT2D eigenvalue weighted by Gasteiger charge is -2.31. The Morgan fingerprint density at radius 3 is 2.95 bits per heavy atom. The zero-order valence-electron chi connectivity index (χ0n) is 13.8. The fourth-order valence-electron chi connectivity index (χ4n) is 3.10. The highest BCUT2D eigenvalue weighted by Gasteiger charge is 2.21. The van der Waals surface area contributed by atoms with Gasteiger partial charge >= 0.3 is 0 Å². The van der Waals surface area contributed by atoms with Gasteiger partial charge < -0.3 is 15.0 Å². The van der Waals surface area contributed by atoms with Crippen molar-refractivity contribution in [2.24, 2.45) is 0 Å². The van der Waals surface area contributed by atoms with E-state index >= 15 is 0 Å². The van der Waals surface area contributed by atoms with E-state index in [9.17, 15) is 4.79 Å². The molecule has 4 nitrogen and oxygen atoms in total. The smallest absolute Gasteiger partial charge is 0.221 e. The summed E-state index contributed by atoms with van der Waals surface area (Å²) in [6, 6.07) is 8.48. The number of benzene rings is 1. The Balaban J connectivity index is 1.66. The first kappa shape index (κ1) is 16.8. The van der Waals surface area contributed by atoms with Gasteiger partial charge in [-0.2, -0.15) is 0 Å². The SMILES string of the molecule is COc1ccccc1CCCNC(=O)CC1CCCCN1C. The van der Waals surface area contributed by atoms with Crippen LogP contribution in [-0.2, 0) is 11.2 Å². The average molecular weight is 304 g/mol. The third-order valence-corrected chi connectivity index (χ3v) is 4.48. The van der Waals surface area contributed by atoms with Crippen LogP contribution in [0.2, 0.25) is 0 Å². The molecule has 1 atom stereocenters. The van der Waals surface area contributed by atoms with E-state index < -0.39 is 0 Å². The van der Waals surface area contributed by atoms with E-state index in [1.165, 1.54) is 18.4 Å². The fourth-order valence-corrected chi connectivity index (χ4v) is 3.10. The quantitative estimate of drug-likeness (QED) is 0.787. The fraction of sp³-hybridized carbons (Fsp3) is 0.611. The molecular formula is C18H28N2O2. The van der Waals surface area contributed by atoms with Crippen molar-refractivity contribution in [3.8, 4) is 5.75 Å². The molecule has 0 bridgehead atoms. The number of ether oxygens (including phenoxy) is 1. The van der Waals surface area contributed by atoms with Gasteiger partial charge in [0.2, 0.25) is 5.91 Å². The maximum absolute atomic E-state index is 12.0. The summed E-state index contributed by atoms with van der Waals surface area (Å²) in [5.74, 6) is 1.11. The van der Waals surface area contributed by atoms with Crippen molar-refractivity contribution in [1.29, 1.82) is 0 Å². The first-order chi connectivity index (χ1) is 10.7. The van der Waals surface area contributed by atoms with E-state index in [1.807, 2.05) is 18.2 Å². The Kier molecular flexibility index (Phi) is 6.72. The summed E-state index contributed by atoms with van der Waals surface area (Å²) in [7, 11) is 3.82. The number of aryl methyl sites for hydroxylation is 1. The molecule has 2 rings (SSSR count). The zero-order valence-corrected chi connectivity index (χ0v) is 13.8. The van der Waals surface area contributed by atoms with Crippen LogP contribution in [0.15, 0.2) is 24.3 Å². The van der Waals surface area contributed by atoms with Gasteiger partial charge in [-0.15, -0.1) is 0 Å². The Bertz CT molecular complexity index is 476. The van der Waals surface area contributed by atoms with E-state index in [0.29, 0.717) is 12.5 Å². The minimum atomic E-state index is 0.179. The molecule has 1 aromatic rings. The highest BCUT2D eigenvalue weighted by atomic mass is 16.5. The molecule has 1 aromatic carbocycles. The van der Waals surface area contributed by atoms with Crippen LogP contribution in [0.3, 0.4) is 0 Å². The predicted molar refractivity (Wildman–Crippen MR) is 89.2 cm³/mol. The first-order valence-corrected chi connectivity index (χ1v) is 8.29. The Labute approximate surface area is 133 Å². The molecule has 0 spiro atoms. The first-order valence-electron chi connectivity index (χ1n) is 8.29. The van der Waals surface area contributed by atoms with Crippen LogP contribution in [0, 0.1) is 0 Å². The van der Waals surface area contributed by atoms with Crippen molar-refractivity contribution in [3.05, 3.63) is 29.8 Å². The maximum atomic E-state index is 12.0. The molecule has 1 heterocycles. The van der Waals surface area contributed by atoms with Gasteiger partial charge in [-0.1, -0.05) is 24.6 Å². The van der Waals surface area contributed by atoms with E-state index in [0.717, 1.165) is 38.1 Å². The molecule has 1 aliphatic rings. The third-order valence-electron chi connectivity index (χ3n) is 4.48. The number of amides is 1. The number of para-hydroxylation sites is 1. The Hall–Kier alpha value is -1.55. The van der Waals surface area contributed by atoms with Crippen molar-refractivity contribution in [2.75, 3.05) is 27.2 Å². The number of rotatable bonds is 7. The normalized spacial score (nSPS) is 18.9. The summed E-state index contributed by atoms with van der Waals surface area (Å²) in [5.41, 5.74) is 1.20. The van der Waals surface area contributed by atoms with E-state index in [1.54, 1.807) is 7.11 Å². The number of likely N-dealkylation sites (tertiary alicyclic amines) is 1. The van der Waals surface area contributed by atoms with Gasteiger partial charge in [-0.05, 0) is 50.9 Å². The second kappa shape index (κ2) is 8.79. The van der Waals surface area contributed by atoms with Crippen molar-refractivity contribution in [2.45, 2.75) is 44.6 Å². The van der Waals surface area contributed by atoms with Crippen molar-refractivity contribution >= 4 is 5.91 Å². The van der Waals surface area contributed by atoms with Crippen LogP contribution in [0.4, 0.5) is 0 Å². The Morgan fingerprint density at radius 2 is 2.18 bits per heavy atom. The number of piperidine rings is 1. The van der Waals surface area contributed by atoms with Crippen LogP contribution >= 0.6 is 0 Å². The molecule has 1 aliphatic heterocycles. The average Bonchev–Trinajstić information content (AvgIpc) is 2.54. The molecule has 0 aromatic heterocycles. The van der Waals surface area contributed by atoms with E-state index in [2.05, 4.69) is 23.3 Å². The van der Waals surface area contributed by atoms with Crippen LogP contribution in [0.1, 0.15) is 37.7 Å². The van der Waals surface area contributed by atoms with Gasteiger partial charge in [0.1, 0.15) is 5.75 Å². The van der Waals surface area contributed by atoms with E-state index in [-0.39, 0.29) is 5.91 Å². The van der Waals surface area contributed by atoms with Crippen molar-refractivity contribution in [1.82, 2.24) is 10.2 Å². The topological polar surface area (TPSA) is 41.6 Å². The summed E-state index contributed by atoms with van der Waals surface area (Å²) in [6.45, 7) is 1.85. The molecule has 1 N–H and O–H groups in total. The lowest BCUT2D eigenvalue weighted by Crippen LogP contribution is -2.40. The number of methoxy groups -OCH3 is 1. The summed E-state index contributed by atoms with van der Waals surface area (Å²) in [6.07, 6.45) is 6.14. The second-order valence-corrected chi connectivity index (χ2v) is 6.10. The molecule has 0 aliphatic carbocycles. The van der Waals surface area contributed by atoms with E-state index in [4.69, 9.17) is 4.74 Å². The number of nitrogens with zero attached hydrogens (tertiary/aromatic N) is 1. The largest absolute Gasteiger partial charge is 0.496 e. The second-order valence-electron chi connectivity index (χ2n) is 6.10. The minimum absolute atomic E-state index is 0.179. The molecule has 1 saturated heterocycles. The maximum Gasteiger partial charge on any atom is 0.221 e. The lowest BCUT2D eigenvalue weighted by molar-refractivity contribution is -0.122. The molecular weight excluding hydrogens is 276 g/mol. The van der Waals surface area contributed by atoms with Gasteiger partial charge in [0.25, 0.3) is 0 Å². The van der Waals surface area contributed by atoms with Gasteiger partial charge in [-0.3, -0.25) is 4.79 Å². The number of hydrogen-bond donors (Lipinski definition) is 1. The summed E-state index contributed by atoms with van der Waals surface area (Å²) >= 11 is 0. The predicted octanol–water partition coefficient (Wildman–Crippen LogP) is 2.62. The molecule has 0 saturated carbocycles. The summed E-state index contributed by atoms with van der Waals surface area (Å²) in [5, 5.41) is 3.05. The lowest BCUT2D eigenvalue weighted by atomic mass is 10.00. The standard InChI is InChI=1S/C18H28N2O2/c1-20-13-6-5-10-16(20)14-18(21)19-12-7-9-15-8-3-4-11-17(15)22-2/h3-4,8,11,16H,5-7,9-10,12-14H2,1-2H3,(H,19,21). The summed E-state index contributed by atoms with van der Waals surface area (Å²) in [4.78, 5) is 14.3. The van der Waals surface area contributed by atoms with Gasteiger partial charge in [0.15, 0.2) is 0 Å². The van der Waals surface area contributed by atoms with Crippen molar-refractivity contribution in [3.63, 3.8) is 0 Å². The van der Waals surface area contributed by atoms with Gasteiger partial charge in [0, 0.05) is 19.0 Å². The third kappa shape index (κ3) is 5.02. The number of carbonyl (C=O) groups excluding carboxylic acids is 1. The monoisotopic (exact) mass is 304 g/mol. The van der Waals surface area contributed by atoms with Crippen LogP contribution < -0.4 is 10.1 Å². The highest BCUT2D eigenvalue weighted by Crippen LogP contribution is 2.19. The molecule has 1 amide bonds. The molecule has 22 heavy (non-hydrogen) atoms. The van der Waals surface area contributed by atoms with Crippen molar-refractivity contribution < 1.29 is 9.53 Å². The van der Waals surface area contributed by atoms with Crippen LogP contribution in [0.25, 0.3) is 0 Å². The number of hydrogen-bond acceptors (Lipinski definition) is 3. The minimum Gasteiger partial charge on any atom is -0.496 e. The van der Waals surface area contributed by atoms with Gasteiger partial charge in [-0.25, -0.2) is 0 Å². The Morgan fingerprint density at radius 1 is 1.36 bits per heavy atom. The number of carbonyl (C=O) groups is 1. The number of nitrogens with one attached hydrogen (secondary N) is 1. The highest BCUT2D eigenvalue weighted by molar-refractivity contribution is 5.76. The molecule has 1 fully saturated rings. The molecule has 122 valence electrons. The summed E-state index contributed by atoms with van der Waals surface area (Å²) < 4.78 is 5.34. The molecule has 4 heteroatoms. The molecule has 1 unspecified atom stereocenters. The zero-order chi connectivity index (χ0) is 15.8.